The van der Waals surface area contributed by atoms with Crippen LogP contribution in [0.15, 0.2) is 18.3 Å². The predicted octanol–water partition coefficient (Wildman–Crippen LogP) is 2.38. The van der Waals surface area contributed by atoms with Crippen molar-refractivity contribution >= 4 is 22.5 Å². The van der Waals surface area contributed by atoms with E-state index in [2.05, 4.69) is 37.9 Å². The Bertz CT molecular complexity index is 1020. The number of hydrogen-bond acceptors (Lipinski definition) is 7. The van der Waals surface area contributed by atoms with Crippen molar-refractivity contribution in [3.8, 4) is 0 Å². The minimum absolute atomic E-state index is 0.316. The molecule has 3 aromatic rings. The van der Waals surface area contributed by atoms with Gasteiger partial charge in [0.15, 0.2) is 12.2 Å². The van der Waals surface area contributed by atoms with Crippen LogP contribution in [-0.4, -0.2) is 61.0 Å². The fourth-order valence-electron chi connectivity index (χ4n) is 4.48. The molecule has 2 fully saturated rings. The number of rotatable bonds is 7. The van der Waals surface area contributed by atoms with Crippen LogP contribution < -0.4 is 10.6 Å². The molecule has 160 valence electrons. The van der Waals surface area contributed by atoms with Crippen molar-refractivity contribution in [1.82, 2.24) is 35.2 Å². The molecular weight excluding hydrogens is 380 g/mol. The standard InChI is InChI=1S/C21H30N8O/c1-3-22-21(30)29-10-8-14(9-11-29)19-25-20(28(2)27-19)24-17-7-6-16-15(12-23-26-16)18(17)13-4-5-13/h6-7,12-14,21-22,30H,3-5,8-11H2,1-2H3,(H,23,26)(H,24,25,27). The molecule has 0 bridgehead atoms. The smallest absolute Gasteiger partial charge is 0.225 e. The zero-order valence-electron chi connectivity index (χ0n) is 17.6. The van der Waals surface area contributed by atoms with E-state index in [1.54, 1.807) is 0 Å². The quantitative estimate of drug-likeness (QED) is 0.443. The Morgan fingerprint density at radius 3 is 2.73 bits per heavy atom. The third kappa shape index (κ3) is 3.68. The van der Waals surface area contributed by atoms with Gasteiger partial charge in [0.05, 0.1) is 11.7 Å². The summed E-state index contributed by atoms with van der Waals surface area (Å²) in [6, 6.07) is 4.18. The summed E-state index contributed by atoms with van der Waals surface area (Å²) in [5.41, 5.74) is 3.50. The van der Waals surface area contributed by atoms with Gasteiger partial charge in [-0.2, -0.15) is 15.2 Å². The van der Waals surface area contributed by atoms with E-state index in [9.17, 15) is 5.11 Å². The Balaban J connectivity index is 1.32. The Kier molecular flexibility index (Phi) is 5.18. The van der Waals surface area contributed by atoms with Crippen molar-refractivity contribution in [3.63, 3.8) is 0 Å². The first kappa shape index (κ1) is 19.5. The van der Waals surface area contributed by atoms with Crippen molar-refractivity contribution in [1.29, 1.82) is 0 Å². The molecule has 1 atom stereocenters. The fourth-order valence-corrected chi connectivity index (χ4v) is 4.48. The molecule has 9 nitrogen and oxygen atoms in total. The Morgan fingerprint density at radius 1 is 1.20 bits per heavy atom. The molecule has 3 heterocycles. The van der Waals surface area contributed by atoms with Crippen LogP contribution in [-0.2, 0) is 7.05 Å². The average molecular weight is 411 g/mol. The van der Waals surface area contributed by atoms with Crippen LogP contribution >= 0.6 is 0 Å². The van der Waals surface area contributed by atoms with Gasteiger partial charge in [0.2, 0.25) is 5.95 Å². The van der Waals surface area contributed by atoms with Crippen molar-refractivity contribution in [2.45, 2.75) is 50.8 Å². The number of aliphatic hydroxyl groups excluding tert-OH is 1. The van der Waals surface area contributed by atoms with E-state index in [0.29, 0.717) is 11.8 Å². The molecular formula is C21H30N8O. The number of nitrogens with one attached hydrogen (secondary N) is 3. The van der Waals surface area contributed by atoms with Gasteiger partial charge >= 0.3 is 0 Å². The van der Waals surface area contributed by atoms with E-state index in [-0.39, 0.29) is 0 Å². The first-order chi connectivity index (χ1) is 14.6. The van der Waals surface area contributed by atoms with Gasteiger partial charge in [-0.3, -0.25) is 15.3 Å². The summed E-state index contributed by atoms with van der Waals surface area (Å²) in [4.78, 5) is 6.92. The summed E-state index contributed by atoms with van der Waals surface area (Å²) in [6.07, 6.45) is 5.69. The molecule has 5 rings (SSSR count). The zero-order chi connectivity index (χ0) is 20.7. The van der Waals surface area contributed by atoms with E-state index in [1.165, 1.54) is 23.8 Å². The van der Waals surface area contributed by atoms with Gasteiger partial charge in [0.25, 0.3) is 0 Å². The van der Waals surface area contributed by atoms with Gasteiger partial charge in [0.1, 0.15) is 0 Å². The van der Waals surface area contributed by atoms with E-state index in [1.807, 2.05) is 24.9 Å². The molecule has 0 amide bonds. The number of piperidine rings is 1. The summed E-state index contributed by atoms with van der Waals surface area (Å²) in [6.45, 7) is 4.43. The number of fused-ring (bicyclic) bond motifs is 1. The first-order valence-electron chi connectivity index (χ1n) is 10.9. The van der Waals surface area contributed by atoms with Gasteiger partial charge < -0.3 is 10.4 Å². The van der Waals surface area contributed by atoms with Crippen molar-refractivity contribution in [2.24, 2.45) is 7.05 Å². The summed E-state index contributed by atoms with van der Waals surface area (Å²) >= 11 is 0. The van der Waals surface area contributed by atoms with Crippen LogP contribution in [0.4, 0.5) is 11.6 Å². The molecule has 2 aromatic heterocycles. The zero-order valence-corrected chi connectivity index (χ0v) is 17.6. The second kappa shape index (κ2) is 7.98. The summed E-state index contributed by atoms with van der Waals surface area (Å²) in [5, 5.41) is 29.9. The lowest BCUT2D eigenvalue weighted by Crippen LogP contribution is -2.48. The van der Waals surface area contributed by atoms with Crippen LogP contribution in [0.1, 0.15) is 55.8 Å². The number of H-pyrrole nitrogens is 1. The van der Waals surface area contributed by atoms with Crippen molar-refractivity contribution in [2.75, 3.05) is 25.0 Å². The minimum atomic E-state index is -0.566. The Morgan fingerprint density at radius 2 is 2.00 bits per heavy atom. The van der Waals surface area contributed by atoms with E-state index >= 15 is 0 Å². The number of benzene rings is 1. The van der Waals surface area contributed by atoms with Gasteiger partial charge in [0, 0.05) is 37.1 Å². The fraction of sp³-hybridized carbons (Fsp3) is 0.571. The summed E-state index contributed by atoms with van der Waals surface area (Å²) in [5.74, 6) is 2.56. The van der Waals surface area contributed by atoms with Gasteiger partial charge in [-0.1, -0.05) is 6.92 Å². The van der Waals surface area contributed by atoms with Crippen molar-refractivity contribution < 1.29 is 5.11 Å². The summed E-state index contributed by atoms with van der Waals surface area (Å²) in [7, 11) is 1.94. The third-order valence-electron chi connectivity index (χ3n) is 6.30. The molecule has 2 aliphatic rings. The second-order valence-electron chi connectivity index (χ2n) is 8.42. The van der Waals surface area contributed by atoms with Crippen LogP contribution in [0.3, 0.4) is 0 Å². The predicted molar refractivity (Wildman–Crippen MR) is 116 cm³/mol. The monoisotopic (exact) mass is 410 g/mol. The topological polar surface area (TPSA) is 107 Å². The van der Waals surface area contributed by atoms with Crippen LogP contribution in [0, 0.1) is 0 Å². The SMILES string of the molecule is CCNC(O)N1CCC(c2nc(Nc3ccc4[nH]ncc4c3C3CC3)n(C)n2)CC1. The molecule has 30 heavy (non-hydrogen) atoms. The number of likely N-dealkylation sites (tertiary alicyclic amines) is 1. The van der Waals surface area contributed by atoms with Crippen LogP contribution in [0.2, 0.25) is 0 Å². The molecule has 1 aliphatic carbocycles. The largest absolute Gasteiger partial charge is 0.365 e. The molecule has 9 heteroatoms. The van der Waals surface area contributed by atoms with Crippen LogP contribution in [0.25, 0.3) is 10.9 Å². The van der Waals surface area contributed by atoms with Gasteiger partial charge in [-0.15, -0.1) is 0 Å². The lowest BCUT2D eigenvalue weighted by atomic mass is 9.96. The summed E-state index contributed by atoms with van der Waals surface area (Å²) < 4.78 is 1.84. The number of aryl methyl sites for hydroxylation is 1. The number of anilines is 2. The highest BCUT2D eigenvalue weighted by Crippen LogP contribution is 2.47. The van der Waals surface area contributed by atoms with Crippen molar-refractivity contribution in [3.05, 3.63) is 29.7 Å². The minimum Gasteiger partial charge on any atom is -0.365 e. The number of nitrogens with zero attached hydrogens (tertiary/aromatic N) is 5. The molecule has 1 unspecified atom stereocenters. The second-order valence-corrected chi connectivity index (χ2v) is 8.42. The van der Waals surface area contributed by atoms with Gasteiger partial charge in [-0.05, 0) is 55.8 Å². The third-order valence-corrected chi connectivity index (χ3v) is 6.30. The highest BCUT2D eigenvalue weighted by molar-refractivity contribution is 5.88. The highest BCUT2D eigenvalue weighted by atomic mass is 16.3. The molecule has 1 aromatic carbocycles. The molecule has 1 saturated carbocycles. The molecule has 1 aliphatic heterocycles. The lowest BCUT2D eigenvalue weighted by Gasteiger charge is -2.34. The first-order valence-corrected chi connectivity index (χ1v) is 10.9. The van der Waals surface area contributed by atoms with Crippen LogP contribution in [0.5, 0.6) is 0 Å². The Hall–Kier alpha value is -2.49. The average Bonchev–Trinajstić information content (AvgIpc) is 3.36. The van der Waals surface area contributed by atoms with E-state index in [0.717, 1.165) is 55.5 Å². The number of aromatic amines is 1. The normalized spacial score (nSPS) is 19.4. The highest BCUT2D eigenvalue weighted by Gasteiger charge is 2.30. The lowest BCUT2D eigenvalue weighted by molar-refractivity contribution is -0.0339. The number of hydrogen-bond donors (Lipinski definition) is 4. The molecule has 4 N–H and O–H groups in total. The number of aromatic nitrogens is 5. The molecule has 0 radical (unpaired) electrons. The Labute approximate surface area is 175 Å². The maximum atomic E-state index is 10.1. The molecule has 1 saturated heterocycles. The van der Waals surface area contributed by atoms with E-state index < -0.39 is 6.35 Å². The molecule has 0 spiro atoms. The maximum Gasteiger partial charge on any atom is 0.225 e. The maximum absolute atomic E-state index is 10.1. The van der Waals surface area contributed by atoms with Gasteiger partial charge in [-0.25, -0.2) is 4.68 Å². The van der Waals surface area contributed by atoms with E-state index in [4.69, 9.17) is 10.1 Å². The number of aliphatic hydroxyl groups is 1.